The molecule has 0 spiro atoms. The van der Waals surface area contributed by atoms with Crippen LogP contribution in [0.3, 0.4) is 0 Å². The molecule has 1 aromatic heterocycles. The third-order valence-corrected chi connectivity index (χ3v) is 8.29. The van der Waals surface area contributed by atoms with Crippen LogP contribution in [0.1, 0.15) is 12.8 Å². The number of nitrogens with zero attached hydrogens (tertiary/aromatic N) is 4. The van der Waals surface area contributed by atoms with Crippen LogP contribution < -0.4 is 25.6 Å². The number of hydrogen-bond donors (Lipinski definition) is 3. The monoisotopic (exact) mass is 613 g/mol. The van der Waals surface area contributed by atoms with Crippen LogP contribution in [0, 0.1) is 0 Å². The molecule has 3 aromatic carbocycles. The summed E-state index contributed by atoms with van der Waals surface area (Å²) in [7, 11) is 1.67. The van der Waals surface area contributed by atoms with E-state index >= 15 is 0 Å². The molecule has 44 heavy (non-hydrogen) atoms. The average Bonchev–Trinajstić information content (AvgIpc) is 3.06. The molecule has 228 valence electrons. The van der Waals surface area contributed by atoms with Gasteiger partial charge in [0, 0.05) is 65.8 Å². The minimum absolute atomic E-state index is 0.287. The topological polar surface area (TPSA) is 104 Å². The van der Waals surface area contributed by atoms with Gasteiger partial charge in [-0.1, -0.05) is 24.2 Å². The summed E-state index contributed by atoms with van der Waals surface area (Å²) < 4.78 is 11.3. The summed E-state index contributed by atoms with van der Waals surface area (Å²) in [6.45, 7) is 9.24. The highest BCUT2D eigenvalue weighted by atomic mass is 35.5. The summed E-state index contributed by atoms with van der Waals surface area (Å²) in [6.07, 6.45) is 3.50. The Hall–Kier alpha value is -4.38. The van der Waals surface area contributed by atoms with Crippen LogP contribution in [0.25, 0.3) is 10.9 Å². The van der Waals surface area contributed by atoms with Gasteiger partial charge >= 0.3 is 0 Å². The molecule has 0 bridgehead atoms. The molecule has 11 heteroatoms. The molecule has 6 rings (SSSR count). The van der Waals surface area contributed by atoms with E-state index in [0.29, 0.717) is 39.8 Å². The van der Waals surface area contributed by atoms with Gasteiger partial charge in [-0.05, 0) is 67.4 Å². The largest absolute Gasteiger partial charge is 0.494 e. The number of halogens is 1. The zero-order chi connectivity index (χ0) is 30.5. The first-order chi connectivity index (χ1) is 21.5. The van der Waals surface area contributed by atoms with Crippen molar-refractivity contribution in [2.75, 3.05) is 67.4 Å². The number of rotatable bonds is 9. The number of carbonyl (C=O) groups excluding carboxylic acids is 1. The quantitative estimate of drug-likeness (QED) is 0.190. The van der Waals surface area contributed by atoms with E-state index in [-0.39, 0.29) is 5.91 Å². The number of carbonyl (C=O) groups is 1. The molecule has 2 aliphatic rings. The number of amides is 1. The number of ether oxygens (including phenoxy) is 2. The van der Waals surface area contributed by atoms with E-state index in [4.69, 9.17) is 31.0 Å². The Morgan fingerprint density at radius 3 is 2.57 bits per heavy atom. The molecule has 10 nitrogen and oxygen atoms in total. The number of benzene rings is 3. The fraction of sp³-hybridized carbons (Fsp3) is 0.303. The highest BCUT2D eigenvalue weighted by Crippen LogP contribution is 2.35. The molecular formula is C33H36ClN7O3. The third kappa shape index (κ3) is 6.88. The lowest BCUT2D eigenvalue weighted by molar-refractivity contribution is -0.111. The molecule has 3 N–H and O–H groups in total. The second kappa shape index (κ2) is 13.5. The van der Waals surface area contributed by atoms with Crippen molar-refractivity contribution >= 4 is 62.9 Å². The van der Waals surface area contributed by atoms with Gasteiger partial charge in [-0.15, -0.1) is 0 Å². The summed E-state index contributed by atoms with van der Waals surface area (Å²) in [6, 6.07) is 19.6. The van der Waals surface area contributed by atoms with E-state index in [2.05, 4.69) is 44.5 Å². The maximum atomic E-state index is 11.8. The molecule has 0 unspecified atom stereocenters. The van der Waals surface area contributed by atoms with Gasteiger partial charge < -0.3 is 30.3 Å². The molecule has 0 aliphatic carbocycles. The predicted octanol–water partition coefficient (Wildman–Crippen LogP) is 6.20. The van der Waals surface area contributed by atoms with Gasteiger partial charge in [0.15, 0.2) is 0 Å². The lowest BCUT2D eigenvalue weighted by Crippen LogP contribution is -2.49. The average molecular weight is 614 g/mol. The third-order valence-electron chi connectivity index (χ3n) is 8.06. The molecule has 2 aliphatic heterocycles. The Morgan fingerprint density at radius 1 is 1.00 bits per heavy atom. The molecule has 2 fully saturated rings. The number of nitrogens with one attached hydrogen (secondary N) is 3. The first-order valence-corrected chi connectivity index (χ1v) is 15.2. The van der Waals surface area contributed by atoms with Crippen LogP contribution >= 0.6 is 11.6 Å². The maximum absolute atomic E-state index is 11.8. The van der Waals surface area contributed by atoms with Crippen molar-refractivity contribution in [2.24, 2.45) is 0 Å². The molecule has 3 heterocycles. The molecule has 1 amide bonds. The van der Waals surface area contributed by atoms with Crippen molar-refractivity contribution < 1.29 is 14.3 Å². The fourth-order valence-corrected chi connectivity index (χ4v) is 5.96. The molecule has 0 radical (unpaired) electrons. The zero-order valence-corrected chi connectivity index (χ0v) is 25.4. The van der Waals surface area contributed by atoms with Gasteiger partial charge in [0.05, 0.1) is 31.5 Å². The standard InChI is InChI=1S/C33H36ClN7O3/c1-3-31(42)35-23-5-4-6-24(20-23)36-32-27-19-22(34)7-9-28(27)37-33(39-32)38-29-10-8-26(21-30(29)43-2)40-13-11-25(12-14-40)41-15-17-44-18-16-41/h3-10,19-21,25H,1,11-18H2,2H3,(H,35,42)(H2,36,37,38,39). The van der Waals surface area contributed by atoms with Crippen LogP contribution in [0.2, 0.25) is 5.02 Å². The lowest BCUT2D eigenvalue weighted by Gasteiger charge is -2.40. The number of piperidine rings is 1. The van der Waals surface area contributed by atoms with Crippen molar-refractivity contribution in [2.45, 2.75) is 18.9 Å². The number of anilines is 6. The van der Waals surface area contributed by atoms with E-state index in [0.717, 1.165) is 74.7 Å². The molecule has 2 saturated heterocycles. The summed E-state index contributed by atoms with van der Waals surface area (Å²) in [5.41, 5.74) is 3.96. The Morgan fingerprint density at radius 2 is 1.80 bits per heavy atom. The van der Waals surface area contributed by atoms with Gasteiger partial charge in [0.2, 0.25) is 11.9 Å². The van der Waals surface area contributed by atoms with Crippen molar-refractivity contribution in [1.82, 2.24) is 14.9 Å². The highest BCUT2D eigenvalue weighted by Gasteiger charge is 2.26. The summed E-state index contributed by atoms with van der Waals surface area (Å²) in [5.74, 6) is 1.38. The van der Waals surface area contributed by atoms with Crippen LogP contribution in [0.4, 0.5) is 34.5 Å². The SMILES string of the molecule is C=CC(=O)Nc1cccc(Nc2nc(Nc3ccc(N4CCC(N5CCOCC5)CC4)cc3OC)nc3ccc(Cl)cc23)c1. The smallest absolute Gasteiger partial charge is 0.247 e. The van der Waals surface area contributed by atoms with Crippen LogP contribution in [-0.4, -0.2) is 73.3 Å². The molecule has 4 aromatic rings. The number of morpholine rings is 1. The Bertz CT molecular complexity index is 1650. The minimum atomic E-state index is -0.287. The van der Waals surface area contributed by atoms with Crippen molar-refractivity contribution in [3.8, 4) is 5.75 Å². The molecule has 0 saturated carbocycles. The Kier molecular flexibility index (Phi) is 9.11. The zero-order valence-electron chi connectivity index (χ0n) is 24.7. The number of fused-ring (bicyclic) bond motifs is 1. The number of hydrogen-bond acceptors (Lipinski definition) is 9. The number of methoxy groups -OCH3 is 1. The van der Waals surface area contributed by atoms with Gasteiger partial charge in [-0.25, -0.2) is 4.98 Å². The predicted molar refractivity (Wildman–Crippen MR) is 177 cm³/mol. The van der Waals surface area contributed by atoms with Gasteiger partial charge in [0.1, 0.15) is 11.6 Å². The lowest BCUT2D eigenvalue weighted by atomic mass is 10.0. The molecular weight excluding hydrogens is 578 g/mol. The van der Waals surface area contributed by atoms with Gasteiger partial charge in [0.25, 0.3) is 0 Å². The van der Waals surface area contributed by atoms with Crippen molar-refractivity contribution in [3.63, 3.8) is 0 Å². The van der Waals surface area contributed by atoms with Crippen LogP contribution in [0.5, 0.6) is 5.75 Å². The maximum Gasteiger partial charge on any atom is 0.247 e. The normalized spacial score (nSPS) is 16.0. The van der Waals surface area contributed by atoms with E-state index in [1.54, 1.807) is 19.2 Å². The van der Waals surface area contributed by atoms with Crippen LogP contribution in [-0.2, 0) is 9.53 Å². The molecule has 0 atom stereocenters. The fourth-order valence-electron chi connectivity index (χ4n) is 5.79. The Balaban J connectivity index is 1.22. The first-order valence-electron chi connectivity index (χ1n) is 14.8. The number of aromatic nitrogens is 2. The second-order valence-corrected chi connectivity index (χ2v) is 11.3. The van der Waals surface area contributed by atoms with Gasteiger partial charge in [-0.2, -0.15) is 4.98 Å². The summed E-state index contributed by atoms with van der Waals surface area (Å²) in [5, 5.41) is 10.8. The summed E-state index contributed by atoms with van der Waals surface area (Å²) in [4.78, 5) is 26.4. The van der Waals surface area contributed by atoms with Crippen molar-refractivity contribution in [1.29, 1.82) is 0 Å². The first kappa shape index (κ1) is 29.7. The second-order valence-electron chi connectivity index (χ2n) is 10.8. The minimum Gasteiger partial charge on any atom is -0.494 e. The van der Waals surface area contributed by atoms with E-state index in [1.165, 1.54) is 6.08 Å². The van der Waals surface area contributed by atoms with E-state index in [1.807, 2.05) is 36.4 Å². The van der Waals surface area contributed by atoms with E-state index < -0.39 is 0 Å². The van der Waals surface area contributed by atoms with Crippen molar-refractivity contribution in [3.05, 3.63) is 78.3 Å². The summed E-state index contributed by atoms with van der Waals surface area (Å²) >= 11 is 6.34. The van der Waals surface area contributed by atoms with Gasteiger partial charge in [-0.3, -0.25) is 9.69 Å². The van der Waals surface area contributed by atoms with Crippen LogP contribution in [0.15, 0.2) is 73.3 Å². The highest BCUT2D eigenvalue weighted by molar-refractivity contribution is 6.31. The Labute approximate surface area is 262 Å². The van der Waals surface area contributed by atoms with E-state index in [9.17, 15) is 4.79 Å².